The molecule has 1 aliphatic rings. The fourth-order valence-corrected chi connectivity index (χ4v) is 3.73. The van der Waals surface area contributed by atoms with Crippen LogP contribution in [-0.4, -0.2) is 84.9 Å². The van der Waals surface area contributed by atoms with Gasteiger partial charge in [0.1, 0.15) is 0 Å². The van der Waals surface area contributed by atoms with E-state index in [9.17, 15) is 20.1 Å². The predicted molar refractivity (Wildman–Crippen MR) is 131 cm³/mol. The first-order valence-electron chi connectivity index (χ1n) is 12.2. The summed E-state index contributed by atoms with van der Waals surface area (Å²) in [5.74, 6) is -1.04. The fourth-order valence-electron chi connectivity index (χ4n) is 3.73. The normalized spacial score (nSPS) is 24.9. The largest absolute Gasteiger partial charge is 0.481 e. The number of aliphatic hydroxyl groups excluding tert-OH is 5. The van der Waals surface area contributed by atoms with Crippen LogP contribution in [0.1, 0.15) is 71.6 Å². The molecule has 1 fully saturated rings. The Bertz CT molecular complexity index is 595. The van der Waals surface area contributed by atoms with E-state index in [0.29, 0.717) is 32.1 Å². The second-order valence-corrected chi connectivity index (χ2v) is 9.61. The zero-order valence-corrected chi connectivity index (χ0v) is 20.7. The lowest BCUT2D eigenvalue weighted by Crippen LogP contribution is -2.50. The number of carboxylic acid groups (broad SMARTS) is 1. The molecule has 1 aliphatic carbocycles. The van der Waals surface area contributed by atoms with Crippen molar-refractivity contribution in [2.24, 2.45) is 17.6 Å². The zero-order valence-electron chi connectivity index (χ0n) is 20.7. The molecule has 9 heteroatoms. The van der Waals surface area contributed by atoms with Crippen LogP contribution in [0.5, 0.6) is 0 Å². The summed E-state index contributed by atoms with van der Waals surface area (Å²) < 4.78 is 0. The molecule has 1 rings (SSSR count). The molecule has 0 bridgehead atoms. The standard InChI is InChI=1S/C21H36O5.C4H11NO3/c1-3-4-9-13-21(2,26)14-12-17-16(18(22)15-19(17)23)10-7-5-6-8-11-20(24)25;5-4(1-6,2-7)3-8/h5,7,12,14,16-19,22-23,26H,3-4,6,8-11,13,15H2,1-2H3,(H,24,25);6-8H,1-3,5H2/b7-5-,14-12+;/t16-,17-,18+,19+,21+;/m1./s1. The molecular formula is C25H47NO8. The van der Waals surface area contributed by atoms with Crippen LogP contribution >= 0.6 is 0 Å². The number of carbonyl (C=O) groups is 1. The first-order chi connectivity index (χ1) is 15.9. The smallest absolute Gasteiger partial charge is 0.303 e. The van der Waals surface area contributed by atoms with Gasteiger partial charge in [-0.25, -0.2) is 0 Å². The van der Waals surface area contributed by atoms with Crippen LogP contribution in [0.3, 0.4) is 0 Å². The Labute approximate surface area is 203 Å². The predicted octanol–water partition coefficient (Wildman–Crippen LogP) is 1.09. The Balaban J connectivity index is 0.00000116. The lowest BCUT2D eigenvalue weighted by molar-refractivity contribution is -0.137. The van der Waals surface area contributed by atoms with Crippen LogP contribution in [0.4, 0.5) is 0 Å². The van der Waals surface area contributed by atoms with Gasteiger partial charge in [0, 0.05) is 18.8 Å². The number of unbranched alkanes of at least 4 members (excludes halogenated alkanes) is 3. The average Bonchev–Trinajstić information content (AvgIpc) is 3.06. The lowest BCUT2D eigenvalue weighted by atomic mass is 9.88. The molecule has 0 aromatic rings. The van der Waals surface area contributed by atoms with E-state index in [-0.39, 0.29) is 18.3 Å². The Morgan fingerprint density at radius 1 is 1.03 bits per heavy atom. The second kappa shape index (κ2) is 17.2. The number of hydrogen-bond donors (Lipinski definition) is 8. The van der Waals surface area contributed by atoms with Gasteiger partial charge >= 0.3 is 5.97 Å². The molecule has 9 N–H and O–H groups in total. The highest BCUT2D eigenvalue weighted by atomic mass is 16.4. The van der Waals surface area contributed by atoms with Crippen molar-refractivity contribution in [3.05, 3.63) is 24.3 Å². The number of rotatable bonds is 15. The molecule has 5 atom stereocenters. The summed E-state index contributed by atoms with van der Waals surface area (Å²) >= 11 is 0. The summed E-state index contributed by atoms with van der Waals surface area (Å²) in [5, 5.41) is 64.6. The number of carboxylic acids is 1. The fraction of sp³-hybridized carbons (Fsp3) is 0.800. The van der Waals surface area contributed by atoms with E-state index < -0.39 is 49.1 Å². The van der Waals surface area contributed by atoms with Gasteiger partial charge < -0.3 is 41.5 Å². The number of aliphatic hydroxyl groups is 6. The van der Waals surface area contributed by atoms with Gasteiger partial charge in [-0.05, 0) is 38.5 Å². The highest BCUT2D eigenvalue weighted by Crippen LogP contribution is 2.37. The zero-order chi connectivity index (χ0) is 26.2. The van der Waals surface area contributed by atoms with Crippen molar-refractivity contribution in [2.45, 2.75) is 95.0 Å². The number of hydrogen-bond acceptors (Lipinski definition) is 8. The summed E-state index contributed by atoms with van der Waals surface area (Å²) in [4.78, 5) is 10.5. The van der Waals surface area contributed by atoms with Crippen LogP contribution in [0.2, 0.25) is 0 Å². The van der Waals surface area contributed by atoms with Crippen molar-refractivity contribution < 1.29 is 40.5 Å². The Morgan fingerprint density at radius 3 is 2.15 bits per heavy atom. The average molecular weight is 490 g/mol. The summed E-state index contributed by atoms with van der Waals surface area (Å²) in [6.45, 7) is 2.70. The van der Waals surface area contributed by atoms with E-state index >= 15 is 0 Å². The third-order valence-electron chi connectivity index (χ3n) is 6.16. The number of allylic oxidation sites excluding steroid dienone is 2. The number of aliphatic carboxylic acids is 1. The SMILES string of the molecule is CCCCC[C@](C)(O)/C=C/[C@@H]1[C@@H](C/C=C\CCCC(=O)O)[C@@H](O)C[C@@H]1O.NC(CO)(CO)CO. The maximum absolute atomic E-state index is 10.5. The van der Waals surface area contributed by atoms with Crippen LogP contribution in [0, 0.1) is 11.8 Å². The number of nitrogens with two attached hydrogens (primary N) is 1. The minimum atomic E-state index is -1.21. The van der Waals surface area contributed by atoms with Crippen molar-refractivity contribution in [1.82, 2.24) is 0 Å². The summed E-state index contributed by atoms with van der Waals surface area (Å²) in [6.07, 6.45) is 12.7. The second-order valence-electron chi connectivity index (χ2n) is 9.61. The van der Waals surface area contributed by atoms with Gasteiger partial charge in [-0.15, -0.1) is 0 Å². The summed E-state index contributed by atoms with van der Waals surface area (Å²) in [7, 11) is 0. The van der Waals surface area contributed by atoms with Gasteiger partial charge in [0.05, 0.1) is 43.2 Å². The Kier molecular flexibility index (Phi) is 16.5. The topological polar surface area (TPSA) is 185 Å². The van der Waals surface area contributed by atoms with E-state index in [1.54, 1.807) is 13.0 Å². The first-order valence-corrected chi connectivity index (χ1v) is 12.2. The van der Waals surface area contributed by atoms with E-state index in [1.165, 1.54) is 0 Å². The Hall–Kier alpha value is -1.33. The van der Waals surface area contributed by atoms with Crippen LogP contribution in [-0.2, 0) is 4.79 Å². The van der Waals surface area contributed by atoms with E-state index in [0.717, 1.165) is 19.3 Å². The van der Waals surface area contributed by atoms with Gasteiger partial charge in [0.2, 0.25) is 0 Å². The van der Waals surface area contributed by atoms with Crippen molar-refractivity contribution in [1.29, 1.82) is 0 Å². The van der Waals surface area contributed by atoms with Gasteiger partial charge in [-0.1, -0.05) is 50.5 Å². The minimum Gasteiger partial charge on any atom is -0.481 e. The molecule has 0 heterocycles. The van der Waals surface area contributed by atoms with Crippen molar-refractivity contribution >= 4 is 5.97 Å². The maximum atomic E-state index is 10.5. The molecule has 0 saturated heterocycles. The molecule has 200 valence electrons. The third-order valence-corrected chi connectivity index (χ3v) is 6.16. The van der Waals surface area contributed by atoms with Gasteiger partial charge in [-0.3, -0.25) is 4.79 Å². The molecular weight excluding hydrogens is 442 g/mol. The van der Waals surface area contributed by atoms with Crippen molar-refractivity contribution in [2.75, 3.05) is 19.8 Å². The van der Waals surface area contributed by atoms with E-state index in [1.807, 2.05) is 18.2 Å². The molecule has 34 heavy (non-hydrogen) atoms. The van der Waals surface area contributed by atoms with Gasteiger partial charge in [-0.2, -0.15) is 0 Å². The lowest BCUT2D eigenvalue weighted by Gasteiger charge is -2.23. The highest BCUT2D eigenvalue weighted by molar-refractivity contribution is 5.66. The van der Waals surface area contributed by atoms with Crippen molar-refractivity contribution in [3.8, 4) is 0 Å². The quantitative estimate of drug-likeness (QED) is 0.123. The van der Waals surface area contributed by atoms with Crippen molar-refractivity contribution in [3.63, 3.8) is 0 Å². The maximum Gasteiger partial charge on any atom is 0.303 e. The van der Waals surface area contributed by atoms with Gasteiger partial charge in [0.25, 0.3) is 0 Å². The molecule has 0 radical (unpaired) electrons. The van der Waals surface area contributed by atoms with Crippen LogP contribution in [0.15, 0.2) is 24.3 Å². The molecule has 0 aromatic carbocycles. The molecule has 0 amide bonds. The summed E-state index contributed by atoms with van der Waals surface area (Å²) in [6, 6.07) is 0. The molecule has 0 spiro atoms. The molecule has 0 aromatic heterocycles. The molecule has 9 nitrogen and oxygen atoms in total. The monoisotopic (exact) mass is 489 g/mol. The molecule has 0 unspecified atom stereocenters. The first kappa shape index (κ1) is 32.7. The van der Waals surface area contributed by atoms with E-state index in [4.69, 9.17) is 26.2 Å². The minimum absolute atomic E-state index is 0.0802. The third kappa shape index (κ3) is 13.5. The van der Waals surface area contributed by atoms with Crippen LogP contribution < -0.4 is 5.73 Å². The highest BCUT2D eigenvalue weighted by Gasteiger charge is 2.39. The molecule has 0 aliphatic heterocycles. The molecule has 1 saturated carbocycles. The Morgan fingerprint density at radius 2 is 1.65 bits per heavy atom. The van der Waals surface area contributed by atoms with Gasteiger partial charge in [0.15, 0.2) is 0 Å². The summed E-state index contributed by atoms with van der Waals surface area (Å²) in [5.41, 5.74) is 3.05. The van der Waals surface area contributed by atoms with E-state index in [2.05, 4.69) is 6.92 Å². The van der Waals surface area contributed by atoms with Crippen LogP contribution in [0.25, 0.3) is 0 Å².